The van der Waals surface area contributed by atoms with Gasteiger partial charge in [-0.05, 0) is 36.6 Å². The number of amidine groups is 1. The molecule has 0 spiro atoms. The molecule has 0 aromatic heterocycles. The van der Waals surface area contributed by atoms with E-state index in [0.717, 1.165) is 37.3 Å². The third kappa shape index (κ3) is 6.07. The van der Waals surface area contributed by atoms with E-state index in [1.165, 1.54) is 0 Å². The lowest BCUT2D eigenvalue weighted by molar-refractivity contribution is -0.140. The van der Waals surface area contributed by atoms with Crippen molar-refractivity contribution in [2.75, 3.05) is 25.0 Å². The van der Waals surface area contributed by atoms with Crippen LogP contribution in [0.25, 0.3) is 0 Å². The molecule has 168 valence electrons. The molecule has 1 heterocycles. The van der Waals surface area contributed by atoms with Gasteiger partial charge in [0.05, 0.1) is 13.1 Å². The number of hydrogen-bond acceptors (Lipinski definition) is 5. The van der Waals surface area contributed by atoms with E-state index < -0.39 is 22.7 Å². The van der Waals surface area contributed by atoms with Gasteiger partial charge in [0.2, 0.25) is 5.91 Å². The van der Waals surface area contributed by atoms with E-state index >= 15 is 0 Å². The molecular weight excluding hydrogens is 432 g/mol. The van der Waals surface area contributed by atoms with Crippen LogP contribution in [0.5, 0.6) is 0 Å². The Balaban J connectivity index is 1.53. The zero-order valence-electron chi connectivity index (χ0n) is 17.4. The molecular formula is C23H25ClN4O4. The standard InChI is InChI=1S/C23H25ClN4O4/c24-23(22(31)32,17-8-2-1-3-9-17)15-27-20(29)14-26-21(30)16-7-6-10-18(13-16)28-19-11-4-5-12-25-19/h1-3,6-10,13H,4-5,11-12,14-15H2,(H,25,28)(H,26,30)(H,27,29)(H,31,32). The maximum absolute atomic E-state index is 12.5. The first-order chi connectivity index (χ1) is 15.4. The maximum Gasteiger partial charge on any atom is 0.331 e. The molecule has 0 aliphatic carbocycles. The highest BCUT2D eigenvalue weighted by atomic mass is 35.5. The average Bonchev–Trinajstić information content (AvgIpc) is 2.82. The van der Waals surface area contributed by atoms with E-state index in [-0.39, 0.29) is 13.1 Å². The lowest BCUT2D eigenvalue weighted by Gasteiger charge is -2.23. The van der Waals surface area contributed by atoms with Crippen molar-refractivity contribution >= 4 is 40.9 Å². The minimum atomic E-state index is -1.80. The normalized spacial score (nSPS) is 15.1. The second kappa shape index (κ2) is 10.8. The van der Waals surface area contributed by atoms with Crippen LogP contribution < -0.4 is 16.0 Å². The van der Waals surface area contributed by atoms with Gasteiger partial charge in [0.1, 0.15) is 5.84 Å². The number of amides is 2. The number of aliphatic carboxylic acids is 1. The smallest absolute Gasteiger partial charge is 0.331 e. The van der Waals surface area contributed by atoms with Crippen molar-refractivity contribution in [3.63, 3.8) is 0 Å². The number of aliphatic imine (C=N–C) groups is 1. The third-order valence-electron chi connectivity index (χ3n) is 5.05. The number of nitrogens with zero attached hydrogens (tertiary/aromatic N) is 1. The van der Waals surface area contributed by atoms with E-state index in [1.807, 2.05) is 6.07 Å². The number of carboxylic acids is 1. The number of nitrogens with one attached hydrogen (secondary N) is 3. The number of alkyl halides is 1. The Kier molecular flexibility index (Phi) is 7.83. The number of carboxylic acid groups (broad SMARTS) is 1. The van der Waals surface area contributed by atoms with Crippen LogP contribution in [0.15, 0.2) is 59.6 Å². The van der Waals surface area contributed by atoms with Crippen molar-refractivity contribution in [1.82, 2.24) is 10.6 Å². The molecule has 0 fully saturated rings. The molecule has 3 rings (SSSR count). The zero-order chi connectivity index (χ0) is 23.0. The van der Waals surface area contributed by atoms with Crippen molar-refractivity contribution in [3.8, 4) is 0 Å². The molecule has 4 N–H and O–H groups in total. The Labute approximate surface area is 191 Å². The first-order valence-electron chi connectivity index (χ1n) is 10.3. The van der Waals surface area contributed by atoms with Gasteiger partial charge in [0.15, 0.2) is 4.87 Å². The highest BCUT2D eigenvalue weighted by Gasteiger charge is 2.38. The summed E-state index contributed by atoms with van der Waals surface area (Å²) in [7, 11) is 0. The fraction of sp³-hybridized carbons (Fsp3) is 0.304. The Morgan fingerprint density at radius 2 is 1.81 bits per heavy atom. The predicted molar refractivity (Wildman–Crippen MR) is 123 cm³/mol. The topological polar surface area (TPSA) is 120 Å². The molecule has 0 saturated carbocycles. The van der Waals surface area contributed by atoms with Crippen LogP contribution in [-0.2, 0) is 14.5 Å². The first-order valence-corrected chi connectivity index (χ1v) is 10.7. The Morgan fingerprint density at radius 1 is 1.03 bits per heavy atom. The van der Waals surface area contributed by atoms with E-state index in [1.54, 1.807) is 48.5 Å². The van der Waals surface area contributed by atoms with Crippen molar-refractivity contribution in [2.45, 2.75) is 24.1 Å². The lowest BCUT2D eigenvalue weighted by Crippen LogP contribution is -2.45. The summed E-state index contributed by atoms with van der Waals surface area (Å²) in [6, 6.07) is 15.2. The second-order valence-corrected chi connectivity index (χ2v) is 8.07. The SMILES string of the molecule is O=C(CNC(=O)c1cccc(NC2=NCCCC2)c1)NCC(Cl)(C(=O)O)c1ccccc1. The summed E-state index contributed by atoms with van der Waals surface area (Å²) in [5.74, 6) is -1.35. The second-order valence-electron chi connectivity index (χ2n) is 7.42. The van der Waals surface area contributed by atoms with Crippen molar-refractivity contribution < 1.29 is 19.5 Å². The highest BCUT2D eigenvalue weighted by molar-refractivity contribution is 6.34. The highest BCUT2D eigenvalue weighted by Crippen LogP contribution is 2.28. The predicted octanol–water partition coefficient (Wildman–Crippen LogP) is 2.75. The monoisotopic (exact) mass is 456 g/mol. The molecule has 2 amide bonds. The molecule has 0 bridgehead atoms. The van der Waals surface area contributed by atoms with Crippen LogP contribution in [-0.4, -0.2) is 48.4 Å². The molecule has 1 aliphatic rings. The fourth-order valence-electron chi connectivity index (χ4n) is 3.25. The number of carbonyl (C=O) groups excluding carboxylic acids is 2. The maximum atomic E-state index is 12.5. The van der Waals surface area contributed by atoms with Crippen molar-refractivity contribution in [1.29, 1.82) is 0 Å². The zero-order valence-corrected chi connectivity index (χ0v) is 18.2. The van der Waals surface area contributed by atoms with E-state index in [4.69, 9.17) is 11.6 Å². The molecule has 1 aliphatic heterocycles. The minimum Gasteiger partial charge on any atom is -0.480 e. The van der Waals surface area contributed by atoms with Crippen LogP contribution >= 0.6 is 11.6 Å². The van der Waals surface area contributed by atoms with E-state index in [2.05, 4.69) is 20.9 Å². The number of halogens is 1. The molecule has 9 heteroatoms. The number of carbonyl (C=O) groups is 3. The van der Waals surface area contributed by atoms with Gasteiger partial charge in [-0.15, -0.1) is 0 Å². The van der Waals surface area contributed by atoms with Crippen LogP contribution in [0.3, 0.4) is 0 Å². The summed E-state index contributed by atoms with van der Waals surface area (Å²) < 4.78 is 0. The van der Waals surface area contributed by atoms with Gasteiger partial charge in [0, 0.05) is 24.2 Å². The van der Waals surface area contributed by atoms with Crippen molar-refractivity contribution in [3.05, 3.63) is 65.7 Å². The molecule has 0 radical (unpaired) electrons. The van der Waals surface area contributed by atoms with Crippen molar-refractivity contribution in [2.24, 2.45) is 4.99 Å². The van der Waals surface area contributed by atoms with E-state index in [0.29, 0.717) is 11.1 Å². The molecule has 2 aromatic carbocycles. The molecule has 2 aromatic rings. The quantitative estimate of drug-likeness (QED) is 0.455. The van der Waals surface area contributed by atoms with Crippen LogP contribution in [0, 0.1) is 0 Å². The molecule has 1 unspecified atom stereocenters. The van der Waals surface area contributed by atoms with Crippen LogP contribution in [0.2, 0.25) is 0 Å². The van der Waals surface area contributed by atoms with Crippen LogP contribution in [0.4, 0.5) is 5.69 Å². The Bertz CT molecular complexity index is 1010. The molecule has 8 nitrogen and oxygen atoms in total. The summed E-state index contributed by atoms with van der Waals surface area (Å²) in [5, 5.41) is 17.8. The van der Waals surface area contributed by atoms with Gasteiger partial charge in [0.25, 0.3) is 5.91 Å². The number of hydrogen-bond donors (Lipinski definition) is 4. The van der Waals surface area contributed by atoms with E-state index in [9.17, 15) is 19.5 Å². The summed E-state index contributed by atoms with van der Waals surface area (Å²) >= 11 is 6.28. The van der Waals surface area contributed by atoms with Gasteiger partial charge < -0.3 is 21.1 Å². The molecule has 0 saturated heterocycles. The van der Waals surface area contributed by atoms with Gasteiger partial charge in [-0.25, -0.2) is 4.79 Å². The van der Waals surface area contributed by atoms with Gasteiger partial charge >= 0.3 is 5.97 Å². The number of anilines is 1. The lowest BCUT2D eigenvalue weighted by atomic mass is 9.98. The summed E-state index contributed by atoms with van der Waals surface area (Å²) in [5.41, 5.74) is 1.49. The fourth-order valence-corrected chi connectivity index (χ4v) is 3.45. The van der Waals surface area contributed by atoms with Gasteiger partial charge in [-0.1, -0.05) is 48.0 Å². The summed E-state index contributed by atoms with van der Waals surface area (Å²) in [6.07, 6.45) is 3.03. The molecule has 1 atom stereocenters. The number of benzene rings is 2. The first kappa shape index (κ1) is 23.3. The average molecular weight is 457 g/mol. The minimum absolute atomic E-state index is 0.315. The largest absolute Gasteiger partial charge is 0.480 e. The Morgan fingerprint density at radius 3 is 2.50 bits per heavy atom. The molecule has 32 heavy (non-hydrogen) atoms. The summed E-state index contributed by atoms with van der Waals surface area (Å²) in [4.78, 5) is 39.0. The Hall–Kier alpha value is -3.39. The third-order valence-corrected chi connectivity index (χ3v) is 5.56. The van der Waals surface area contributed by atoms with Crippen LogP contribution in [0.1, 0.15) is 35.2 Å². The number of rotatable bonds is 8. The van der Waals surface area contributed by atoms with Gasteiger partial charge in [-0.3, -0.25) is 14.6 Å². The van der Waals surface area contributed by atoms with Gasteiger partial charge in [-0.2, -0.15) is 0 Å². The summed E-state index contributed by atoms with van der Waals surface area (Å²) in [6.45, 7) is 0.155.